The molecule has 1 aliphatic heterocycles. The molecule has 0 saturated carbocycles. The second kappa shape index (κ2) is 6.53. The molecule has 0 aromatic heterocycles. The first-order valence-corrected chi connectivity index (χ1v) is 8.11. The summed E-state index contributed by atoms with van der Waals surface area (Å²) < 4.78 is 33.3. The Kier molecular flexibility index (Phi) is 4.98. The van der Waals surface area contributed by atoms with Crippen LogP contribution in [-0.4, -0.2) is 49.9 Å². The minimum absolute atomic E-state index is 0.295. The first kappa shape index (κ1) is 15.2. The number of benzene rings is 1. The summed E-state index contributed by atoms with van der Waals surface area (Å²) in [7, 11) is -3.46. The summed E-state index contributed by atoms with van der Waals surface area (Å²) in [5.41, 5.74) is 7.33. The molecule has 112 valence electrons. The number of nitrogens with two attached hydrogens (primary N) is 1. The zero-order valence-electron chi connectivity index (χ0n) is 11.7. The third-order valence-electron chi connectivity index (χ3n) is 3.38. The van der Waals surface area contributed by atoms with Crippen molar-refractivity contribution in [3.63, 3.8) is 0 Å². The minimum Gasteiger partial charge on any atom is -0.398 e. The largest absolute Gasteiger partial charge is 0.398 e. The normalized spacial score (nSPS) is 17.5. The quantitative estimate of drug-likeness (QED) is 0.811. The molecule has 2 N–H and O–H groups in total. The summed E-state index contributed by atoms with van der Waals surface area (Å²) >= 11 is 0. The molecule has 1 saturated heterocycles. The fourth-order valence-electron chi connectivity index (χ4n) is 2.17. The van der Waals surface area contributed by atoms with Gasteiger partial charge in [0.25, 0.3) is 10.2 Å². The van der Waals surface area contributed by atoms with Crippen LogP contribution in [0, 0.1) is 0 Å². The predicted molar refractivity (Wildman–Crippen MR) is 78.3 cm³/mol. The molecule has 0 amide bonds. The number of nitrogen functional groups attached to an aromatic ring is 1. The Morgan fingerprint density at radius 3 is 2.55 bits per heavy atom. The number of ether oxygens (including phenoxy) is 1. The van der Waals surface area contributed by atoms with E-state index in [0.29, 0.717) is 45.1 Å². The molecular weight excluding hydrogens is 278 g/mol. The van der Waals surface area contributed by atoms with Gasteiger partial charge in [0.1, 0.15) is 0 Å². The molecule has 0 unspecified atom stereocenters. The van der Waals surface area contributed by atoms with Gasteiger partial charge in [0.2, 0.25) is 0 Å². The van der Waals surface area contributed by atoms with Crippen molar-refractivity contribution in [3.05, 3.63) is 29.8 Å². The molecule has 7 heteroatoms. The van der Waals surface area contributed by atoms with E-state index < -0.39 is 10.2 Å². The Balaban J connectivity index is 2.17. The molecule has 1 heterocycles. The monoisotopic (exact) mass is 299 g/mol. The van der Waals surface area contributed by atoms with Gasteiger partial charge in [0.05, 0.1) is 13.2 Å². The second-order valence-electron chi connectivity index (χ2n) is 4.64. The molecule has 2 rings (SSSR count). The molecule has 0 spiro atoms. The van der Waals surface area contributed by atoms with E-state index in [2.05, 4.69) is 0 Å². The SMILES string of the molecule is CCN(Cc1ccccc1N)S(=O)(=O)N1CCOCC1. The first-order chi connectivity index (χ1) is 9.55. The van der Waals surface area contributed by atoms with Crippen molar-refractivity contribution < 1.29 is 13.2 Å². The van der Waals surface area contributed by atoms with Crippen LogP contribution < -0.4 is 5.73 Å². The molecule has 0 atom stereocenters. The predicted octanol–water partition coefficient (Wildman–Crippen LogP) is 0.668. The number of nitrogens with zero attached hydrogens (tertiary/aromatic N) is 2. The van der Waals surface area contributed by atoms with Crippen molar-refractivity contribution in [1.82, 2.24) is 8.61 Å². The third-order valence-corrected chi connectivity index (χ3v) is 5.43. The number of morpholine rings is 1. The van der Waals surface area contributed by atoms with Crippen LogP contribution in [0.1, 0.15) is 12.5 Å². The van der Waals surface area contributed by atoms with E-state index >= 15 is 0 Å². The Bertz CT molecular complexity index is 542. The highest BCUT2D eigenvalue weighted by molar-refractivity contribution is 7.86. The van der Waals surface area contributed by atoms with Gasteiger partial charge in [0, 0.05) is 31.9 Å². The van der Waals surface area contributed by atoms with Gasteiger partial charge in [-0.15, -0.1) is 0 Å². The van der Waals surface area contributed by atoms with E-state index in [1.165, 1.54) is 8.61 Å². The van der Waals surface area contributed by atoms with Gasteiger partial charge in [-0.2, -0.15) is 17.0 Å². The second-order valence-corrected chi connectivity index (χ2v) is 6.57. The molecule has 20 heavy (non-hydrogen) atoms. The van der Waals surface area contributed by atoms with E-state index in [0.717, 1.165) is 5.56 Å². The number of hydrogen-bond acceptors (Lipinski definition) is 4. The Morgan fingerprint density at radius 2 is 1.95 bits per heavy atom. The van der Waals surface area contributed by atoms with Crippen molar-refractivity contribution in [3.8, 4) is 0 Å². The third kappa shape index (κ3) is 3.29. The molecule has 1 fully saturated rings. The number of rotatable bonds is 5. The van der Waals surface area contributed by atoms with Crippen molar-refractivity contribution in [2.24, 2.45) is 0 Å². The van der Waals surface area contributed by atoms with E-state index in [-0.39, 0.29) is 0 Å². The Labute approximate surface area is 120 Å². The van der Waals surface area contributed by atoms with Crippen LogP contribution in [-0.2, 0) is 21.5 Å². The fourth-order valence-corrected chi connectivity index (χ4v) is 3.73. The van der Waals surface area contributed by atoms with E-state index in [1.54, 1.807) is 6.07 Å². The highest BCUT2D eigenvalue weighted by Crippen LogP contribution is 2.18. The summed E-state index contributed by atoms with van der Waals surface area (Å²) in [6.45, 7) is 4.24. The van der Waals surface area contributed by atoms with Gasteiger partial charge in [-0.25, -0.2) is 0 Å². The maximum atomic E-state index is 12.6. The smallest absolute Gasteiger partial charge is 0.282 e. The molecule has 1 aromatic carbocycles. The lowest BCUT2D eigenvalue weighted by molar-refractivity contribution is 0.0701. The molecule has 1 aromatic rings. The maximum Gasteiger partial charge on any atom is 0.282 e. The van der Waals surface area contributed by atoms with E-state index in [4.69, 9.17) is 10.5 Å². The van der Waals surface area contributed by atoms with Gasteiger partial charge in [0.15, 0.2) is 0 Å². The Hall–Kier alpha value is -1.15. The van der Waals surface area contributed by atoms with Crippen LogP contribution in [0.15, 0.2) is 24.3 Å². The van der Waals surface area contributed by atoms with E-state index in [1.807, 2.05) is 25.1 Å². The zero-order chi connectivity index (χ0) is 14.6. The van der Waals surface area contributed by atoms with Crippen LogP contribution in [0.25, 0.3) is 0 Å². The minimum atomic E-state index is -3.46. The van der Waals surface area contributed by atoms with Crippen LogP contribution in [0.3, 0.4) is 0 Å². The molecule has 1 aliphatic rings. The highest BCUT2D eigenvalue weighted by Gasteiger charge is 2.30. The first-order valence-electron chi connectivity index (χ1n) is 6.72. The summed E-state index contributed by atoms with van der Waals surface area (Å²) in [5, 5.41) is 0. The van der Waals surface area contributed by atoms with Crippen LogP contribution in [0.2, 0.25) is 0 Å². The lowest BCUT2D eigenvalue weighted by Gasteiger charge is -2.31. The number of para-hydroxylation sites is 1. The number of hydrogen-bond donors (Lipinski definition) is 1. The average Bonchev–Trinajstić information content (AvgIpc) is 2.47. The van der Waals surface area contributed by atoms with Crippen molar-refractivity contribution in [2.75, 3.05) is 38.6 Å². The summed E-state index contributed by atoms with van der Waals surface area (Å²) in [6, 6.07) is 7.34. The van der Waals surface area contributed by atoms with Crippen molar-refractivity contribution in [2.45, 2.75) is 13.5 Å². The van der Waals surface area contributed by atoms with Gasteiger partial charge >= 0.3 is 0 Å². The lowest BCUT2D eigenvalue weighted by Crippen LogP contribution is -2.48. The number of anilines is 1. The van der Waals surface area contributed by atoms with Gasteiger partial charge in [-0.3, -0.25) is 0 Å². The lowest BCUT2D eigenvalue weighted by atomic mass is 10.2. The van der Waals surface area contributed by atoms with Crippen LogP contribution in [0.4, 0.5) is 5.69 Å². The van der Waals surface area contributed by atoms with Gasteiger partial charge < -0.3 is 10.5 Å². The van der Waals surface area contributed by atoms with E-state index in [9.17, 15) is 8.42 Å². The zero-order valence-corrected chi connectivity index (χ0v) is 12.5. The summed E-state index contributed by atoms with van der Waals surface area (Å²) in [5.74, 6) is 0. The van der Waals surface area contributed by atoms with Crippen molar-refractivity contribution in [1.29, 1.82) is 0 Å². The maximum absolute atomic E-state index is 12.6. The average molecular weight is 299 g/mol. The Morgan fingerprint density at radius 1 is 1.30 bits per heavy atom. The highest BCUT2D eigenvalue weighted by atomic mass is 32.2. The van der Waals surface area contributed by atoms with Crippen molar-refractivity contribution >= 4 is 15.9 Å². The van der Waals surface area contributed by atoms with Gasteiger partial charge in [-0.1, -0.05) is 25.1 Å². The topological polar surface area (TPSA) is 75.9 Å². The molecule has 0 radical (unpaired) electrons. The van der Waals surface area contributed by atoms with Crippen LogP contribution >= 0.6 is 0 Å². The fraction of sp³-hybridized carbons (Fsp3) is 0.538. The standard InChI is InChI=1S/C13H21N3O3S/c1-2-15(11-12-5-3-4-6-13(12)14)20(17,18)16-7-9-19-10-8-16/h3-6H,2,7-11,14H2,1H3. The molecule has 6 nitrogen and oxygen atoms in total. The molecule has 0 bridgehead atoms. The van der Waals surface area contributed by atoms with Crippen LogP contribution in [0.5, 0.6) is 0 Å². The molecule has 0 aliphatic carbocycles. The summed E-state index contributed by atoms with van der Waals surface area (Å²) in [4.78, 5) is 0. The van der Waals surface area contributed by atoms with Gasteiger partial charge in [-0.05, 0) is 11.6 Å². The molecular formula is C13H21N3O3S. The summed E-state index contributed by atoms with van der Waals surface area (Å²) in [6.07, 6.45) is 0.